The fraction of sp³-hybridized carbons (Fsp3) is 0.375. The van der Waals surface area contributed by atoms with Crippen LogP contribution in [0, 0.1) is 0 Å². The number of aromatic nitrogens is 2. The quantitative estimate of drug-likeness (QED) is 0.915. The number of amides is 1. The Labute approximate surface area is 124 Å². The minimum absolute atomic E-state index is 0.0163. The third kappa shape index (κ3) is 3.84. The lowest BCUT2D eigenvalue weighted by atomic mass is 10.2. The van der Waals surface area contributed by atoms with Crippen molar-refractivity contribution in [1.82, 2.24) is 9.78 Å². The first-order valence-electron chi connectivity index (χ1n) is 7.08. The Morgan fingerprint density at radius 1 is 1.24 bits per heavy atom. The van der Waals surface area contributed by atoms with Gasteiger partial charge in [0.1, 0.15) is 5.75 Å². The number of para-hydroxylation sites is 1. The van der Waals surface area contributed by atoms with Crippen LogP contribution in [-0.2, 0) is 0 Å². The summed E-state index contributed by atoms with van der Waals surface area (Å²) >= 11 is 0. The predicted molar refractivity (Wildman–Crippen MR) is 82.8 cm³/mol. The summed E-state index contributed by atoms with van der Waals surface area (Å²) in [5.41, 5.74) is 1.19. The molecule has 1 aromatic carbocycles. The Morgan fingerprint density at radius 3 is 2.57 bits per heavy atom. The summed E-state index contributed by atoms with van der Waals surface area (Å²) in [6.07, 6.45) is 3.47. The maximum Gasteiger partial charge on any atom is 0.259 e. The van der Waals surface area contributed by atoms with Gasteiger partial charge in [-0.15, -0.1) is 0 Å². The van der Waals surface area contributed by atoms with Gasteiger partial charge in [-0.1, -0.05) is 12.1 Å². The van der Waals surface area contributed by atoms with Gasteiger partial charge in [0.05, 0.1) is 23.6 Å². The molecule has 0 saturated carbocycles. The van der Waals surface area contributed by atoms with Crippen LogP contribution < -0.4 is 10.1 Å². The SMILES string of the molecule is CC(C)Oc1ccccc1C(=O)Nc1cnn(C(C)C)c1. The molecule has 2 rings (SSSR count). The van der Waals surface area contributed by atoms with Crippen molar-refractivity contribution in [2.75, 3.05) is 5.32 Å². The molecule has 5 heteroatoms. The lowest BCUT2D eigenvalue weighted by molar-refractivity contribution is 0.102. The van der Waals surface area contributed by atoms with Gasteiger partial charge >= 0.3 is 0 Å². The number of benzene rings is 1. The van der Waals surface area contributed by atoms with E-state index in [1.54, 1.807) is 23.0 Å². The molecule has 1 amide bonds. The van der Waals surface area contributed by atoms with E-state index in [-0.39, 0.29) is 18.1 Å². The van der Waals surface area contributed by atoms with Gasteiger partial charge in [0.2, 0.25) is 0 Å². The highest BCUT2D eigenvalue weighted by molar-refractivity contribution is 6.06. The lowest BCUT2D eigenvalue weighted by Gasteiger charge is -2.13. The molecule has 21 heavy (non-hydrogen) atoms. The van der Waals surface area contributed by atoms with Crippen LogP contribution >= 0.6 is 0 Å². The second kappa shape index (κ2) is 6.43. The number of ether oxygens (including phenoxy) is 1. The van der Waals surface area contributed by atoms with Crippen molar-refractivity contribution in [1.29, 1.82) is 0 Å². The van der Waals surface area contributed by atoms with Crippen LogP contribution in [0.25, 0.3) is 0 Å². The number of hydrogen-bond donors (Lipinski definition) is 1. The number of hydrogen-bond acceptors (Lipinski definition) is 3. The summed E-state index contributed by atoms with van der Waals surface area (Å²) in [5, 5.41) is 7.05. The molecule has 0 fully saturated rings. The average Bonchev–Trinajstić information content (AvgIpc) is 2.87. The van der Waals surface area contributed by atoms with Crippen molar-refractivity contribution in [3.63, 3.8) is 0 Å². The van der Waals surface area contributed by atoms with Gasteiger partial charge < -0.3 is 10.1 Å². The van der Waals surface area contributed by atoms with E-state index < -0.39 is 0 Å². The van der Waals surface area contributed by atoms with E-state index in [1.165, 1.54) is 0 Å². The molecule has 0 bridgehead atoms. The summed E-state index contributed by atoms with van der Waals surface area (Å²) < 4.78 is 7.46. The van der Waals surface area contributed by atoms with Gasteiger partial charge in [0, 0.05) is 12.2 Å². The van der Waals surface area contributed by atoms with E-state index in [2.05, 4.69) is 10.4 Å². The molecule has 1 N–H and O–H groups in total. The number of nitrogens with zero attached hydrogens (tertiary/aromatic N) is 2. The average molecular weight is 287 g/mol. The zero-order valence-corrected chi connectivity index (χ0v) is 12.8. The Kier molecular flexibility index (Phi) is 4.62. The molecule has 0 aliphatic carbocycles. The molecule has 0 saturated heterocycles. The molecule has 0 atom stereocenters. The molecule has 0 aliphatic rings. The smallest absolute Gasteiger partial charge is 0.259 e. The van der Waals surface area contributed by atoms with Gasteiger partial charge in [0.15, 0.2) is 0 Å². The normalized spacial score (nSPS) is 11.0. The summed E-state index contributed by atoms with van der Waals surface area (Å²) in [6.45, 7) is 7.93. The second-order valence-corrected chi connectivity index (χ2v) is 5.42. The molecule has 2 aromatic rings. The molecule has 0 aliphatic heterocycles. The van der Waals surface area contributed by atoms with Crippen molar-refractivity contribution in [3.8, 4) is 5.75 Å². The minimum Gasteiger partial charge on any atom is -0.490 e. The Balaban J connectivity index is 2.16. The zero-order valence-electron chi connectivity index (χ0n) is 12.8. The third-order valence-electron chi connectivity index (χ3n) is 2.88. The summed E-state index contributed by atoms with van der Waals surface area (Å²) in [5.74, 6) is 0.385. The van der Waals surface area contributed by atoms with Crippen molar-refractivity contribution in [2.24, 2.45) is 0 Å². The van der Waals surface area contributed by atoms with Crippen LogP contribution in [0.4, 0.5) is 5.69 Å². The standard InChI is InChI=1S/C16H21N3O2/c1-11(2)19-10-13(9-17-19)18-16(20)14-7-5-6-8-15(14)21-12(3)4/h5-12H,1-4H3,(H,18,20). The first-order valence-corrected chi connectivity index (χ1v) is 7.08. The van der Waals surface area contributed by atoms with Crippen molar-refractivity contribution in [2.45, 2.75) is 39.8 Å². The molecular formula is C16H21N3O2. The Bertz CT molecular complexity index is 617. The van der Waals surface area contributed by atoms with Crippen LogP contribution in [0.2, 0.25) is 0 Å². The fourth-order valence-corrected chi connectivity index (χ4v) is 1.89. The van der Waals surface area contributed by atoms with Crippen LogP contribution in [0.5, 0.6) is 5.75 Å². The molecule has 0 radical (unpaired) electrons. The summed E-state index contributed by atoms with van der Waals surface area (Å²) in [6, 6.07) is 7.48. The molecular weight excluding hydrogens is 266 g/mol. The topological polar surface area (TPSA) is 56.1 Å². The molecule has 112 valence electrons. The van der Waals surface area contributed by atoms with E-state index in [0.717, 1.165) is 0 Å². The van der Waals surface area contributed by atoms with Gasteiger partial charge in [-0.05, 0) is 39.8 Å². The molecule has 1 heterocycles. The van der Waals surface area contributed by atoms with E-state index >= 15 is 0 Å². The highest BCUT2D eigenvalue weighted by atomic mass is 16.5. The predicted octanol–water partition coefficient (Wildman–Crippen LogP) is 3.50. The highest BCUT2D eigenvalue weighted by Gasteiger charge is 2.14. The van der Waals surface area contributed by atoms with Crippen molar-refractivity contribution in [3.05, 3.63) is 42.2 Å². The summed E-state index contributed by atoms with van der Waals surface area (Å²) in [7, 11) is 0. The largest absolute Gasteiger partial charge is 0.490 e. The highest BCUT2D eigenvalue weighted by Crippen LogP contribution is 2.21. The summed E-state index contributed by atoms with van der Waals surface area (Å²) in [4.78, 5) is 12.4. The number of nitrogens with one attached hydrogen (secondary N) is 1. The maximum absolute atomic E-state index is 12.4. The second-order valence-electron chi connectivity index (χ2n) is 5.42. The number of carbonyl (C=O) groups excluding carboxylic acids is 1. The number of carbonyl (C=O) groups is 1. The van der Waals surface area contributed by atoms with Crippen LogP contribution in [-0.4, -0.2) is 21.8 Å². The van der Waals surface area contributed by atoms with E-state index in [9.17, 15) is 4.79 Å². The van der Waals surface area contributed by atoms with Gasteiger partial charge in [0.25, 0.3) is 5.91 Å². The fourth-order valence-electron chi connectivity index (χ4n) is 1.89. The van der Waals surface area contributed by atoms with Crippen LogP contribution in [0.1, 0.15) is 44.1 Å². The Morgan fingerprint density at radius 2 is 1.95 bits per heavy atom. The third-order valence-corrected chi connectivity index (χ3v) is 2.88. The van der Waals surface area contributed by atoms with Crippen LogP contribution in [0.3, 0.4) is 0 Å². The van der Waals surface area contributed by atoms with E-state index in [4.69, 9.17) is 4.74 Å². The van der Waals surface area contributed by atoms with Crippen molar-refractivity contribution >= 4 is 11.6 Å². The zero-order chi connectivity index (χ0) is 15.4. The Hall–Kier alpha value is -2.30. The minimum atomic E-state index is -0.199. The number of anilines is 1. The molecule has 0 unspecified atom stereocenters. The molecule has 5 nitrogen and oxygen atoms in total. The first kappa shape index (κ1) is 15.1. The first-order chi connectivity index (χ1) is 9.97. The van der Waals surface area contributed by atoms with Crippen molar-refractivity contribution < 1.29 is 9.53 Å². The van der Waals surface area contributed by atoms with Gasteiger partial charge in [-0.2, -0.15) is 5.10 Å². The van der Waals surface area contributed by atoms with E-state index in [0.29, 0.717) is 17.0 Å². The number of rotatable bonds is 5. The lowest BCUT2D eigenvalue weighted by Crippen LogP contribution is -2.15. The van der Waals surface area contributed by atoms with Gasteiger partial charge in [-0.25, -0.2) is 0 Å². The molecule has 1 aromatic heterocycles. The monoisotopic (exact) mass is 287 g/mol. The van der Waals surface area contributed by atoms with E-state index in [1.807, 2.05) is 46.0 Å². The van der Waals surface area contributed by atoms with Crippen LogP contribution in [0.15, 0.2) is 36.7 Å². The molecule has 0 spiro atoms. The van der Waals surface area contributed by atoms with Gasteiger partial charge in [-0.3, -0.25) is 9.48 Å². The maximum atomic E-state index is 12.4.